The fourth-order valence-electron chi connectivity index (χ4n) is 4.54. The zero-order valence-corrected chi connectivity index (χ0v) is 22.1. The van der Waals surface area contributed by atoms with E-state index in [9.17, 15) is 9.90 Å². The van der Waals surface area contributed by atoms with Crippen LogP contribution in [0.3, 0.4) is 0 Å². The molecule has 0 amide bonds. The monoisotopic (exact) mass is 531 g/mol. The third-order valence-electron chi connectivity index (χ3n) is 6.38. The minimum absolute atomic E-state index is 0.0916. The van der Waals surface area contributed by atoms with E-state index in [1.807, 2.05) is 66.0 Å². The number of aryl methyl sites for hydroxylation is 1. The molecule has 1 saturated heterocycles. The average molecular weight is 532 g/mol. The van der Waals surface area contributed by atoms with Crippen LogP contribution in [0.1, 0.15) is 45.6 Å². The van der Waals surface area contributed by atoms with Crippen molar-refractivity contribution in [2.75, 3.05) is 11.5 Å². The maximum absolute atomic E-state index is 11.7. The Balaban J connectivity index is 1.40. The molecule has 182 valence electrons. The predicted molar refractivity (Wildman–Crippen MR) is 155 cm³/mol. The molecule has 1 aromatic heterocycles. The fraction of sp³-hybridized carbons (Fsp3) is 0.200. The van der Waals surface area contributed by atoms with Gasteiger partial charge in [0.2, 0.25) is 0 Å². The lowest BCUT2D eigenvalue weighted by atomic mass is 9.98. The third-order valence-corrected chi connectivity index (χ3v) is 10.1. The molecule has 1 N–H and O–H groups in total. The number of carbonyl (C=O) groups is 1. The van der Waals surface area contributed by atoms with E-state index < -0.39 is 5.97 Å². The van der Waals surface area contributed by atoms with Crippen molar-refractivity contribution in [2.45, 2.75) is 23.3 Å². The highest BCUT2D eigenvalue weighted by atomic mass is 35.5. The molecule has 2 heterocycles. The molecule has 6 heteroatoms. The Morgan fingerprint density at radius 1 is 0.972 bits per heavy atom. The summed E-state index contributed by atoms with van der Waals surface area (Å²) in [5.74, 6) is 1.36. The van der Waals surface area contributed by atoms with E-state index in [0.29, 0.717) is 10.6 Å². The Labute approximate surface area is 225 Å². The molecule has 1 fully saturated rings. The molecule has 0 radical (unpaired) electrons. The van der Waals surface area contributed by atoms with E-state index in [2.05, 4.69) is 36.4 Å². The highest BCUT2D eigenvalue weighted by molar-refractivity contribution is 8.18. The van der Waals surface area contributed by atoms with Gasteiger partial charge in [0.15, 0.2) is 0 Å². The topological polar surface area (TPSA) is 50.2 Å². The lowest BCUT2D eigenvalue weighted by Crippen LogP contribution is -2.24. The standard InChI is InChI=1S/C30H26ClNO2S2/c31-25-12-10-23-11-14-26(32-28(23)20-25)13-9-21-5-3-7-24(19-21)30(35-17-4-18-36-30)16-15-22-6-1-2-8-27(22)29(33)34/h1-3,5-14,19-20H,4,15-18H2,(H,33,34)/b13-9+. The van der Waals surface area contributed by atoms with Crippen molar-refractivity contribution in [1.82, 2.24) is 4.98 Å². The number of halogens is 1. The summed E-state index contributed by atoms with van der Waals surface area (Å²) in [5, 5.41) is 11.4. The van der Waals surface area contributed by atoms with Crippen molar-refractivity contribution in [3.8, 4) is 0 Å². The zero-order chi connectivity index (χ0) is 25.0. The first-order chi connectivity index (χ1) is 17.5. The summed E-state index contributed by atoms with van der Waals surface area (Å²) >= 11 is 10.1. The molecule has 36 heavy (non-hydrogen) atoms. The quantitative estimate of drug-likeness (QED) is 0.259. The Kier molecular flexibility index (Phi) is 7.70. The maximum atomic E-state index is 11.7. The molecular weight excluding hydrogens is 506 g/mol. The largest absolute Gasteiger partial charge is 0.478 e. The van der Waals surface area contributed by atoms with Crippen LogP contribution in [0.15, 0.2) is 78.9 Å². The second-order valence-electron chi connectivity index (χ2n) is 8.80. The summed E-state index contributed by atoms with van der Waals surface area (Å²) in [7, 11) is 0. The van der Waals surface area contributed by atoms with E-state index in [-0.39, 0.29) is 4.08 Å². The molecule has 3 aromatic carbocycles. The van der Waals surface area contributed by atoms with Crippen LogP contribution in [-0.2, 0) is 10.5 Å². The van der Waals surface area contributed by atoms with Gasteiger partial charge in [0.1, 0.15) is 0 Å². The van der Waals surface area contributed by atoms with Gasteiger partial charge in [0.05, 0.1) is 20.9 Å². The van der Waals surface area contributed by atoms with Gasteiger partial charge in [-0.15, -0.1) is 23.5 Å². The summed E-state index contributed by atoms with van der Waals surface area (Å²) in [6.45, 7) is 0. The summed E-state index contributed by atoms with van der Waals surface area (Å²) in [6, 6.07) is 25.9. The van der Waals surface area contributed by atoms with Crippen LogP contribution in [0, 0.1) is 0 Å². The molecule has 0 unspecified atom stereocenters. The number of pyridine rings is 1. The van der Waals surface area contributed by atoms with E-state index in [1.165, 1.54) is 12.0 Å². The molecule has 5 rings (SSSR count). The van der Waals surface area contributed by atoms with Crippen LogP contribution in [0.5, 0.6) is 0 Å². The van der Waals surface area contributed by atoms with Crippen LogP contribution < -0.4 is 0 Å². The van der Waals surface area contributed by atoms with E-state index in [4.69, 9.17) is 16.6 Å². The maximum Gasteiger partial charge on any atom is 0.335 e. The fourth-order valence-corrected chi connectivity index (χ4v) is 8.04. The van der Waals surface area contributed by atoms with Gasteiger partial charge in [0.25, 0.3) is 0 Å². The van der Waals surface area contributed by atoms with Gasteiger partial charge < -0.3 is 5.11 Å². The normalized spacial score (nSPS) is 15.4. The SMILES string of the molecule is O=C(O)c1ccccc1CCC1(c2cccc(/C=C/c3ccc4ccc(Cl)cc4n3)c2)SCCCS1. The summed E-state index contributed by atoms with van der Waals surface area (Å²) in [6.07, 6.45) is 6.95. The van der Waals surface area contributed by atoms with Crippen molar-refractivity contribution >= 4 is 64.1 Å². The molecule has 0 aliphatic carbocycles. The Morgan fingerprint density at radius 2 is 1.78 bits per heavy atom. The van der Waals surface area contributed by atoms with Crippen molar-refractivity contribution in [3.05, 3.63) is 112 Å². The molecule has 0 spiro atoms. The second-order valence-corrected chi connectivity index (χ2v) is 12.3. The number of thioether (sulfide) groups is 2. The van der Waals surface area contributed by atoms with Gasteiger partial charge in [-0.2, -0.15) is 0 Å². The van der Waals surface area contributed by atoms with Crippen LogP contribution in [-0.4, -0.2) is 27.6 Å². The highest BCUT2D eigenvalue weighted by Crippen LogP contribution is 2.53. The Hall–Kier alpha value is -2.73. The number of fused-ring (bicyclic) bond motifs is 1. The lowest BCUT2D eigenvalue weighted by molar-refractivity contribution is 0.0695. The molecule has 0 bridgehead atoms. The highest BCUT2D eigenvalue weighted by Gasteiger charge is 2.35. The van der Waals surface area contributed by atoms with Crippen LogP contribution >= 0.6 is 35.1 Å². The third kappa shape index (κ3) is 5.64. The van der Waals surface area contributed by atoms with Gasteiger partial charge in [-0.1, -0.05) is 66.2 Å². The van der Waals surface area contributed by atoms with Gasteiger partial charge in [-0.3, -0.25) is 0 Å². The summed E-state index contributed by atoms with van der Waals surface area (Å²) in [4.78, 5) is 16.5. The molecule has 3 nitrogen and oxygen atoms in total. The van der Waals surface area contributed by atoms with Gasteiger partial charge >= 0.3 is 5.97 Å². The second kappa shape index (κ2) is 11.1. The molecule has 1 aliphatic heterocycles. The van der Waals surface area contributed by atoms with Crippen molar-refractivity contribution < 1.29 is 9.90 Å². The van der Waals surface area contributed by atoms with Crippen LogP contribution in [0.4, 0.5) is 0 Å². The van der Waals surface area contributed by atoms with Gasteiger partial charge in [-0.25, -0.2) is 9.78 Å². The molecule has 1 aliphatic rings. The van der Waals surface area contributed by atoms with E-state index >= 15 is 0 Å². The van der Waals surface area contributed by atoms with Crippen LogP contribution in [0.2, 0.25) is 5.02 Å². The van der Waals surface area contributed by atoms with Crippen LogP contribution in [0.25, 0.3) is 23.1 Å². The Morgan fingerprint density at radius 3 is 2.61 bits per heavy atom. The predicted octanol–water partition coefficient (Wildman–Crippen LogP) is 8.41. The lowest BCUT2D eigenvalue weighted by Gasteiger charge is -2.37. The number of hydrogen-bond acceptors (Lipinski definition) is 4. The number of carboxylic acids is 1. The number of nitrogens with zero attached hydrogens (tertiary/aromatic N) is 1. The first kappa shape index (κ1) is 24.9. The average Bonchev–Trinajstić information content (AvgIpc) is 2.91. The van der Waals surface area contributed by atoms with E-state index in [0.717, 1.165) is 52.1 Å². The molecular formula is C30H26ClNO2S2. The van der Waals surface area contributed by atoms with Crippen molar-refractivity contribution in [1.29, 1.82) is 0 Å². The number of rotatable bonds is 7. The smallest absolute Gasteiger partial charge is 0.335 e. The molecule has 0 atom stereocenters. The summed E-state index contributed by atoms with van der Waals surface area (Å²) < 4.78 is -0.0916. The molecule has 4 aromatic rings. The number of benzene rings is 3. The summed E-state index contributed by atoms with van der Waals surface area (Å²) in [5.41, 5.74) is 5.47. The Bertz CT molecular complexity index is 1430. The molecule has 0 saturated carbocycles. The van der Waals surface area contributed by atoms with E-state index in [1.54, 1.807) is 12.1 Å². The number of carboxylic acid groups (broad SMARTS) is 1. The number of hydrogen-bond donors (Lipinski definition) is 1. The first-order valence-electron chi connectivity index (χ1n) is 12.0. The number of aromatic carboxylic acids is 1. The van der Waals surface area contributed by atoms with Gasteiger partial charge in [0, 0.05) is 10.4 Å². The zero-order valence-electron chi connectivity index (χ0n) is 19.7. The van der Waals surface area contributed by atoms with Crippen molar-refractivity contribution in [3.63, 3.8) is 0 Å². The minimum Gasteiger partial charge on any atom is -0.478 e. The van der Waals surface area contributed by atoms with Crippen molar-refractivity contribution in [2.24, 2.45) is 0 Å². The number of aromatic nitrogens is 1. The first-order valence-corrected chi connectivity index (χ1v) is 14.3. The van der Waals surface area contributed by atoms with Gasteiger partial charge in [-0.05, 0) is 83.9 Å². The minimum atomic E-state index is -0.861.